The van der Waals surface area contributed by atoms with Crippen molar-refractivity contribution in [2.75, 3.05) is 20.1 Å². The topological polar surface area (TPSA) is 37.3 Å². The number of carbonyl (C=O) groups excluding carboxylic acids is 1. The fourth-order valence-electron chi connectivity index (χ4n) is 4.86. The Morgan fingerprint density at radius 1 is 1.33 bits per heavy atom. The fraction of sp³-hybridized carbons (Fsp3) is 0.550. The second kappa shape index (κ2) is 5.92. The van der Waals surface area contributed by atoms with E-state index in [9.17, 15) is 4.79 Å². The maximum Gasteiger partial charge on any atom is 0.219 e. The highest BCUT2D eigenvalue weighted by Gasteiger charge is 2.39. The molecule has 0 spiro atoms. The van der Waals surface area contributed by atoms with Crippen LogP contribution in [0.5, 0.6) is 0 Å². The summed E-state index contributed by atoms with van der Waals surface area (Å²) in [4.78, 5) is 14.1. The van der Waals surface area contributed by atoms with E-state index in [2.05, 4.69) is 53.3 Å². The molecule has 4 heteroatoms. The van der Waals surface area contributed by atoms with Crippen molar-refractivity contribution in [2.45, 2.75) is 38.1 Å². The monoisotopic (exact) mass is 325 g/mol. The number of aryl methyl sites for hydroxylation is 1. The first kappa shape index (κ1) is 15.7. The zero-order valence-corrected chi connectivity index (χ0v) is 14.9. The summed E-state index contributed by atoms with van der Waals surface area (Å²) >= 11 is 0. The molecule has 0 radical (unpaired) electrons. The van der Waals surface area contributed by atoms with Crippen molar-refractivity contribution in [3.8, 4) is 0 Å². The van der Waals surface area contributed by atoms with Gasteiger partial charge in [-0.1, -0.05) is 19.1 Å². The van der Waals surface area contributed by atoms with Gasteiger partial charge in [-0.05, 0) is 43.0 Å². The zero-order chi connectivity index (χ0) is 16.8. The number of nitrogens with zero attached hydrogens (tertiary/aromatic N) is 2. The van der Waals surface area contributed by atoms with Gasteiger partial charge in [0.2, 0.25) is 5.91 Å². The normalized spacial score (nSPS) is 26.4. The number of likely N-dealkylation sites (N-methyl/N-ethyl adjacent to an activating group) is 1. The first-order chi connectivity index (χ1) is 11.6. The quantitative estimate of drug-likeness (QED) is 0.942. The van der Waals surface area contributed by atoms with E-state index in [0.29, 0.717) is 24.3 Å². The van der Waals surface area contributed by atoms with Crippen molar-refractivity contribution in [3.05, 3.63) is 35.5 Å². The van der Waals surface area contributed by atoms with Gasteiger partial charge < -0.3 is 14.8 Å². The minimum Gasteiger partial charge on any atom is -0.356 e. The summed E-state index contributed by atoms with van der Waals surface area (Å²) in [6, 6.07) is 7.34. The largest absolute Gasteiger partial charge is 0.356 e. The third kappa shape index (κ3) is 2.44. The van der Waals surface area contributed by atoms with Crippen LogP contribution < -0.4 is 5.32 Å². The predicted molar refractivity (Wildman–Crippen MR) is 97.2 cm³/mol. The van der Waals surface area contributed by atoms with Crippen molar-refractivity contribution < 1.29 is 4.79 Å². The summed E-state index contributed by atoms with van der Waals surface area (Å²) in [6.07, 6.45) is 5.20. The van der Waals surface area contributed by atoms with Crippen molar-refractivity contribution in [1.29, 1.82) is 0 Å². The number of carbonyl (C=O) groups is 1. The number of benzene rings is 1. The van der Waals surface area contributed by atoms with Gasteiger partial charge in [-0.25, -0.2) is 0 Å². The molecule has 1 aliphatic heterocycles. The molecule has 1 aromatic carbocycles. The van der Waals surface area contributed by atoms with E-state index in [-0.39, 0.29) is 5.91 Å². The maximum atomic E-state index is 11.6. The highest BCUT2D eigenvalue weighted by atomic mass is 16.1. The SMILES string of the molecule is CCC(=O)NC[C@@H]1C[C@@H]2c3cccc4c3c(cn4C)C[C@H]2N(C)C1. The van der Waals surface area contributed by atoms with Crippen LogP contribution in [0.25, 0.3) is 10.9 Å². The highest BCUT2D eigenvalue weighted by Crippen LogP contribution is 2.44. The van der Waals surface area contributed by atoms with Crippen LogP contribution in [-0.2, 0) is 18.3 Å². The summed E-state index contributed by atoms with van der Waals surface area (Å²) in [7, 11) is 4.40. The minimum atomic E-state index is 0.163. The third-order valence-corrected chi connectivity index (χ3v) is 6.03. The average molecular weight is 325 g/mol. The third-order valence-electron chi connectivity index (χ3n) is 6.03. The Balaban J connectivity index is 1.65. The molecule has 0 bridgehead atoms. The second-order valence-electron chi connectivity index (χ2n) is 7.58. The number of aromatic nitrogens is 1. The molecule has 2 aliphatic rings. The van der Waals surface area contributed by atoms with Crippen LogP contribution in [0, 0.1) is 5.92 Å². The van der Waals surface area contributed by atoms with Crippen LogP contribution in [-0.4, -0.2) is 41.6 Å². The van der Waals surface area contributed by atoms with Gasteiger partial charge in [-0.2, -0.15) is 0 Å². The highest BCUT2D eigenvalue weighted by molar-refractivity contribution is 5.89. The number of rotatable bonds is 3. The summed E-state index contributed by atoms with van der Waals surface area (Å²) in [5.41, 5.74) is 4.36. The predicted octanol–water partition coefficient (Wildman–Crippen LogP) is 2.66. The molecule has 4 rings (SSSR count). The molecule has 4 nitrogen and oxygen atoms in total. The van der Waals surface area contributed by atoms with E-state index in [1.165, 1.54) is 28.5 Å². The molecule has 1 fully saturated rings. The molecule has 2 heterocycles. The van der Waals surface area contributed by atoms with E-state index < -0.39 is 0 Å². The van der Waals surface area contributed by atoms with Crippen LogP contribution in [0.15, 0.2) is 24.4 Å². The Morgan fingerprint density at radius 2 is 2.17 bits per heavy atom. The minimum absolute atomic E-state index is 0.163. The lowest BCUT2D eigenvalue weighted by Gasteiger charge is -2.45. The molecule has 1 aromatic heterocycles. The molecule has 1 aliphatic carbocycles. The number of hydrogen-bond acceptors (Lipinski definition) is 2. The summed E-state index contributed by atoms with van der Waals surface area (Å²) in [6.45, 7) is 3.79. The van der Waals surface area contributed by atoms with Gasteiger partial charge in [0.1, 0.15) is 0 Å². The molecule has 1 amide bonds. The van der Waals surface area contributed by atoms with Crippen LogP contribution >= 0.6 is 0 Å². The van der Waals surface area contributed by atoms with Gasteiger partial charge in [0, 0.05) is 55.6 Å². The molecular weight excluding hydrogens is 298 g/mol. The fourth-order valence-corrected chi connectivity index (χ4v) is 4.86. The molecule has 1 saturated heterocycles. The molecule has 3 atom stereocenters. The molecule has 128 valence electrons. The molecule has 24 heavy (non-hydrogen) atoms. The molecule has 0 unspecified atom stereocenters. The number of amides is 1. The molecule has 0 saturated carbocycles. The van der Waals surface area contributed by atoms with E-state index in [1.54, 1.807) is 0 Å². The van der Waals surface area contributed by atoms with Gasteiger partial charge in [0.05, 0.1) is 0 Å². The number of nitrogens with one attached hydrogen (secondary N) is 1. The lowest BCUT2D eigenvalue weighted by atomic mass is 9.72. The maximum absolute atomic E-state index is 11.6. The number of hydrogen-bond donors (Lipinski definition) is 1. The van der Waals surface area contributed by atoms with Crippen molar-refractivity contribution in [3.63, 3.8) is 0 Å². The Hall–Kier alpha value is -1.81. The lowest BCUT2D eigenvalue weighted by molar-refractivity contribution is -0.121. The van der Waals surface area contributed by atoms with Gasteiger partial charge in [0.25, 0.3) is 0 Å². The first-order valence-corrected chi connectivity index (χ1v) is 9.12. The van der Waals surface area contributed by atoms with E-state index in [4.69, 9.17) is 0 Å². The molecule has 2 aromatic rings. The summed E-state index contributed by atoms with van der Waals surface area (Å²) in [5.74, 6) is 1.27. The van der Waals surface area contributed by atoms with Crippen LogP contribution in [0.1, 0.15) is 36.8 Å². The number of likely N-dealkylation sites (tertiary alicyclic amines) is 1. The smallest absolute Gasteiger partial charge is 0.219 e. The Labute approximate surface area is 143 Å². The summed E-state index contributed by atoms with van der Waals surface area (Å²) < 4.78 is 2.27. The Morgan fingerprint density at radius 3 is 2.96 bits per heavy atom. The molecule has 1 N–H and O–H groups in total. The standard InChI is InChI=1S/C20H27N3O/c1-4-19(24)21-10-13-8-16-15-6-5-7-17-20(15)14(12-23(17)3)9-18(16)22(2)11-13/h5-7,12-13,16,18H,4,8-11H2,1-3H3,(H,21,24)/t13-,16+,18+/m0/s1. The Kier molecular flexibility index (Phi) is 3.87. The average Bonchev–Trinajstić information content (AvgIpc) is 2.91. The second-order valence-corrected chi connectivity index (χ2v) is 7.58. The van der Waals surface area contributed by atoms with Crippen molar-refractivity contribution in [1.82, 2.24) is 14.8 Å². The van der Waals surface area contributed by atoms with Crippen LogP contribution in [0.2, 0.25) is 0 Å². The van der Waals surface area contributed by atoms with E-state index in [0.717, 1.165) is 19.5 Å². The van der Waals surface area contributed by atoms with Crippen LogP contribution in [0.3, 0.4) is 0 Å². The zero-order valence-electron chi connectivity index (χ0n) is 14.9. The van der Waals surface area contributed by atoms with E-state index in [1.807, 2.05) is 6.92 Å². The van der Waals surface area contributed by atoms with E-state index >= 15 is 0 Å². The van der Waals surface area contributed by atoms with Gasteiger partial charge in [-0.3, -0.25) is 4.79 Å². The number of piperidine rings is 1. The summed E-state index contributed by atoms with van der Waals surface area (Å²) in [5, 5.41) is 4.58. The number of fused-ring (bicyclic) bond motifs is 2. The first-order valence-electron chi connectivity index (χ1n) is 9.12. The Bertz CT molecular complexity index is 779. The van der Waals surface area contributed by atoms with Gasteiger partial charge in [-0.15, -0.1) is 0 Å². The van der Waals surface area contributed by atoms with Crippen molar-refractivity contribution >= 4 is 16.8 Å². The molecular formula is C20H27N3O. The lowest BCUT2D eigenvalue weighted by Crippen LogP contribution is -2.50. The van der Waals surface area contributed by atoms with Crippen LogP contribution in [0.4, 0.5) is 0 Å². The van der Waals surface area contributed by atoms with Gasteiger partial charge in [0.15, 0.2) is 0 Å². The van der Waals surface area contributed by atoms with Crippen molar-refractivity contribution in [2.24, 2.45) is 13.0 Å². The van der Waals surface area contributed by atoms with Gasteiger partial charge >= 0.3 is 0 Å².